The van der Waals surface area contributed by atoms with Crippen LogP contribution in [0.25, 0.3) is 0 Å². The summed E-state index contributed by atoms with van der Waals surface area (Å²) in [4.78, 5) is 2.45. The summed E-state index contributed by atoms with van der Waals surface area (Å²) in [6.07, 6.45) is 2.23. The molecular formula is C12H23NO. The Morgan fingerprint density at radius 3 is 2.43 bits per heavy atom. The van der Waals surface area contributed by atoms with E-state index in [1.807, 2.05) is 20.8 Å². The third-order valence-corrected chi connectivity index (χ3v) is 2.06. The van der Waals surface area contributed by atoms with Crippen molar-refractivity contribution < 1.29 is 4.74 Å². The van der Waals surface area contributed by atoms with Crippen LogP contribution in [0.1, 0.15) is 33.6 Å². The van der Waals surface area contributed by atoms with Gasteiger partial charge < -0.3 is 4.74 Å². The second-order valence-electron chi connectivity index (χ2n) is 2.98. The Morgan fingerprint density at radius 1 is 1.21 bits per heavy atom. The molecule has 0 N–H and O–H groups in total. The molecule has 1 aliphatic heterocycles. The Balaban J connectivity index is 0.000000791. The van der Waals surface area contributed by atoms with Crippen molar-refractivity contribution in [3.05, 3.63) is 0 Å². The highest BCUT2D eigenvalue weighted by Crippen LogP contribution is 1.99. The average molecular weight is 197 g/mol. The lowest BCUT2D eigenvalue weighted by molar-refractivity contribution is 0.0376. The quantitative estimate of drug-likeness (QED) is 0.508. The van der Waals surface area contributed by atoms with E-state index in [1.54, 1.807) is 0 Å². The third kappa shape index (κ3) is 6.94. The van der Waals surface area contributed by atoms with Gasteiger partial charge in [-0.25, -0.2) is 0 Å². The van der Waals surface area contributed by atoms with Gasteiger partial charge in [0.2, 0.25) is 0 Å². The normalized spacial score (nSPS) is 16.2. The molecule has 0 aliphatic carbocycles. The van der Waals surface area contributed by atoms with Crippen molar-refractivity contribution in [1.29, 1.82) is 0 Å². The van der Waals surface area contributed by atoms with Gasteiger partial charge in [0, 0.05) is 19.5 Å². The van der Waals surface area contributed by atoms with Crippen LogP contribution < -0.4 is 0 Å². The molecule has 0 radical (unpaired) electrons. The van der Waals surface area contributed by atoms with E-state index in [-0.39, 0.29) is 0 Å². The lowest BCUT2D eigenvalue weighted by atomic mass is 10.3. The van der Waals surface area contributed by atoms with Crippen LogP contribution in [0.3, 0.4) is 0 Å². The number of ether oxygens (including phenoxy) is 1. The Morgan fingerprint density at radius 2 is 1.86 bits per heavy atom. The largest absolute Gasteiger partial charge is 0.379 e. The molecule has 1 saturated heterocycles. The van der Waals surface area contributed by atoms with Crippen molar-refractivity contribution in [2.24, 2.45) is 0 Å². The fourth-order valence-electron chi connectivity index (χ4n) is 1.34. The molecule has 0 aromatic rings. The first-order valence-electron chi connectivity index (χ1n) is 5.63. The molecule has 0 bridgehead atoms. The second kappa shape index (κ2) is 10.6. The molecule has 1 heterocycles. The zero-order valence-corrected chi connectivity index (χ0v) is 9.81. The van der Waals surface area contributed by atoms with Crippen molar-refractivity contribution in [2.75, 3.05) is 32.8 Å². The van der Waals surface area contributed by atoms with Gasteiger partial charge in [0.25, 0.3) is 0 Å². The molecule has 1 aliphatic rings. The van der Waals surface area contributed by atoms with Crippen LogP contribution >= 0.6 is 0 Å². The van der Waals surface area contributed by atoms with E-state index >= 15 is 0 Å². The molecule has 14 heavy (non-hydrogen) atoms. The summed E-state index contributed by atoms with van der Waals surface area (Å²) in [5.41, 5.74) is 0. The maximum absolute atomic E-state index is 5.26. The molecule has 82 valence electrons. The number of hydrogen-bond acceptors (Lipinski definition) is 2. The standard InChI is InChI=1S/C10H17NO.C2H6/c1-2-3-4-5-6-11-7-9-12-10-8-11;1-2/h4-10H2,1H3;1-2H3. The summed E-state index contributed by atoms with van der Waals surface area (Å²) in [6.45, 7) is 11.1. The number of nitrogens with zero attached hydrogens (tertiary/aromatic N) is 1. The minimum absolute atomic E-state index is 0.902. The fraction of sp³-hybridized carbons (Fsp3) is 0.833. The SMILES string of the molecule is CC.CC#CCCCN1CCOCC1. The molecule has 2 nitrogen and oxygen atoms in total. The van der Waals surface area contributed by atoms with E-state index in [2.05, 4.69) is 16.7 Å². The minimum Gasteiger partial charge on any atom is -0.379 e. The molecule has 0 aromatic carbocycles. The second-order valence-corrected chi connectivity index (χ2v) is 2.98. The predicted octanol–water partition coefficient (Wildman–Crippen LogP) is 2.15. The number of hydrogen-bond donors (Lipinski definition) is 0. The zero-order valence-electron chi connectivity index (χ0n) is 9.81. The van der Waals surface area contributed by atoms with Gasteiger partial charge in [-0.2, -0.15) is 0 Å². The highest BCUT2D eigenvalue weighted by molar-refractivity contribution is 4.94. The van der Waals surface area contributed by atoms with Gasteiger partial charge >= 0.3 is 0 Å². The van der Waals surface area contributed by atoms with Crippen LogP contribution in [0, 0.1) is 11.8 Å². The van der Waals surface area contributed by atoms with E-state index in [9.17, 15) is 0 Å². The van der Waals surface area contributed by atoms with Crippen LogP contribution in [0.4, 0.5) is 0 Å². The molecule has 0 aromatic heterocycles. The van der Waals surface area contributed by atoms with E-state index in [0.717, 1.165) is 32.7 Å². The van der Waals surface area contributed by atoms with Crippen LogP contribution in [-0.4, -0.2) is 37.7 Å². The first kappa shape index (κ1) is 13.5. The lowest BCUT2D eigenvalue weighted by Crippen LogP contribution is -2.36. The molecule has 1 rings (SSSR count). The van der Waals surface area contributed by atoms with E-state index in [0.29, 0.717) is 0 Å². The van der Waals surface area contributed by atoms with Crippen molar-refractivity contribution in [3.63, 3.8) is 0 Å². The monoisotopic (exact) mass is 197 g/mol. The maximum atomic E-state index is 5.26. The number of morpholine rings is 1. The van der Waals surface area contributed by atoms with Crippen molar-refractivity contribution in [3.8, 4) is 11.8 Å². The fourth-order valence-corrected chi connectivity index (χ4v) is 1.34. The molecule has 0 unspecified atom stereocenters. The Hall–Kier alpha value is -0.520. The topological polar surface area (TPSA) is 12.5 Å². The average Bonchev–Trinajstić information content (AvgIpc) is 2.29. The molecule has 1 fully saturated rings. The van der Waals surface area contributed by atoms with Crippen LogP contribution in [0.2, 0.25) is 0 Å². The highest BCUT2D eigenvalue weighted by atomic mass is 16.5. The smallest absolute Gasteiger partial charge is 0.0594 e. The van der Waals surface area contributed by atoms with Crippen molar-refractivity contribution >= 4 is 0 Å². The minimum atomic E-state index is 0.902. The summed E-state index contributed by atoms with van der Waals surface area (Å²) >= 11 is 0. The third-order valence-electron chi connectivity index (χ3n) is 2.06. The van der Waals surface area contributed by atoms with Gasteiger partial charge in [0.1, 0.15) is 0 Å². The van der Waals surface area contributed by atoms with Crippen LogP contribution in [-0.2, 0) is 4.74 Å². The predicted molar refractivity (Wildman–Crippen MR) is 61.3 cm³/mol. The first-order valence-corrected chi connectivity index (χ1v) is 5.63. The van der Waals surface area contributed by atoms with Crippen LogP contribution in [0.5, 0.6) is 0 Å². The van der Waals surface area contributed by atoms with Gasteiger partial charge in [-0.15, -0.1) is 11.8 Å². The van der Waals surface area contributed by atoms with E-state index in [4.69, 9.17) is 4.74 Å². The van der Waals surface area contributed by atoms with Gasteiger partial charge in [-0.3, -0.25) is 4.90 Å². The Bertz CT molecular complexity index is 163. The van der Waals surface area contributed by atoms with Crippen molar-refractivity contribution in [1.82, 2.24) is 4.90 Å². The Labute approximate surface area is 88.6 Å². The summed E-state index contributed by atoms with van der Waals surface area (Å²) in [7, 11) is 0. The van der Waals surface area contributed by atoms with Gasteiger partial charge in [-0.05, 0) is 19.9 Å². The zero-order chi connectivity index (χ0) is 10.6. The molecule has 2 heteroatoms. The molecular weight excluding hydrogens is 174 g/mol. The van der Waals surface area contributed by atoms with Gasteiger partial charge in [-0.1, -0.05) is 13.8 Å². The highest BCUT2D eigenvalue weighted by Gasteiger charge is 2.08. The maximum Gasteiger partial charge on any atom is 0.0594 e. The summed E-state index contributed by atoms with van der Waals surface area (Å²) in [6, 6.07) is 0. The molecule has 0 amide bonds. The van der Waals surface area contributed by atoms with Gasteiger partial charge in [0.15, 0.2) is 0 Å². The summed E-state index contributed by atoms with van der Waals surface area (Å²) in [5, 5.41) is 0. The van der Waals surface area contributed by atoms with Crippen molar-refractivity contribution in [2.45, 2.75) is 33.6 Å². The van der Waals surface area contributed by atoms with E-state index < -0.39 is 0 Å². The summed E-state index contributed by atoms with van der Waals surface area (Å²) in [5.74, 6) is 5.99. The number of unbranched alkanes of at least 4 members (excludes halogenated alkanes) is 1. The van der Waals surface area contributed by atoms with E-state index in [1.165, 1.54) is 13.0 Å². The number of rotatable bonds is 3. The molecule has 0 atom stereocenters. The van der Waals surface area contributed by atoms with Crippen LogP contribution in [0.15, 0.2) is 0 Å². The molecule has 0 saturated carbocycles. The lowest BCUT2D eigenvalue weighted by Gasteiger charge is -2.26. The Kier molecular flexibility index (Phi) is 10.2. The summed E-state index contributed by atoms with van der Waals surface area (Å²) < 4.78 is 5.26. The van der Waals surface area contributed by atoms with Gasteiger partial charge in [0.05, 0.1) is 13.2 Å². The first-order chi connectivity index (χ1) is 6.93. The molecule has 0 spiro atoms.